The van der Waals surface area contributed by atoms with E-state index in [2.05, 4.69) is 9.91 Å². The normalized spacial score (nSPS) is 23.5. The molecule has 7 nitrogen and oxygen atoms in total. The number of carbonyl (C=O) groups excluding carboxylic acids is 1. The molecule has 0 spiro atoms. The lowest BCUT2D eigenvalue weighted by molar-refractivity contribution is -0.140. The summed E-state index contributed by atoms with van der Waals surface area (Å²) in [6, 6.07) is 3.93. The summed E-state index contributed by atoms with van der Waals surface area (Å²) in [6.07, 6.45) is -0.608. The summed E-state index contributed by atoms with van der Waals surface area (Å²) in [6.45, 7) is -0.180. The van der Waals surface area contributed by atoms with Crippen LogP contribution in [0.4, 0.5) is 13.2 Å². The van der Waals surface area contributed by atoms with E-state index in [1.165, 1.54) is 19.2 Å². The summed E-state index contributed by atoms with van der Waals surface area (Å²) >= 11 is 0. The molecule has 0 aliphatic heterocycles. The third kappa shape index (κ3) is 8.87. The molecule has 1 saturated carbocycles. The van der Waals surface area contributed by atoms with Gasteiger partial charge in [0.25, 0.3) is 0 Å². The Kier molecular flexibility index (Phi) is 11.2. The number of halogens is 3. The Morgan fingerprint density at radius 2 is 1.91 bits per heavy atom. The van der Waals surface area contributed by atoms with E-state index in [-0.39, 0.29) is 43.0 Å². The van der Waals surface area contributed by atoms with E-state index < -0.39 is 30.0 Å². The van der Waals surface area contributed by atoms with Crippen molar-refractivity contribution >= 4 is 5.97 Å². The van der Waals surface area contributed by atoms with Gasteiger partial charge >= 0.3 is 12.1 Å². The molecule has 1 fully saturated rings. The number of aliphatic hydroxyl groups is 2. The molecular weight excluding hydrogens is 455 g/mol. The van der Waals surface area contributed by atoms with Gasteiger partial charge in [0.15, 0.2) is 0 Å². The smallest absolute Gasteiger partial charge is 0.416 e. The van der Waals surface area contributed by atoms with Crippen molar-refractivity contribution in [3.63, 3.8) is 0 Å². The third-order valence-electron chi connectivity index (χ3n) is 6.49. The summed E-state index contributed by atoms with van der Waals surface area (Å²) in [5, 5.41) is 23.9. The van der Waals surface area contributed by atoms with Crippen LogP contribution in [0.1, 0.15) is 63.4 Å². The number of rotatable bonds is 14. The highest BCUT2D eigenvalue weighted by molar-refractivity contribution is 5.68. The zero-order chi connectivity index (χ0) is 25.1. The van der Waals surface area contributed by atoms with Crippen LogP contribution < -0.4 is 4.74 Å². The quantitative estimate of drug-likeness (QED) is 0.219. The van der Waals surface area contributed by atoms with Crippen LogP contribution in [0.25, 0.3) is 0 Å². The van der Waals surface area contributed by atoms with Gasteiger partial charge in [0.05, 0.1) is 30.9 Å². The number of aliphatic hydroxyl groups excluding tert-OH is 2. The number of hydrogen-bond donors (Lipinski definition) is 2. The molecule has 0 saturated heterocycles. The molecule has 5 atom stereocenters. The van der Waals surface area contributed by atoms with E-state index in [1.807, 2.05) is 0 Å². The lowest BCUT2D eigenvalue weighted by Crippen LogP contribution is -2.25. The number of alkyl halides is 3. The van der Waals surface area contributed by atoms with Crippen molar-refractivity contribution in [1.82, 2.24) is 0 Å². The molecule has 2 rings (SSSR count). The molecule has 1 unspecified atom stereocenters. The molecule has 1 aromatic carbocycles. The van der Waals surface area contributed by atoms with Gasteiger partial charge in [-0.1, -0.05) is 30.5 Å². The molecule has 0 radical (unpaired) electrons. The van der Waals surface area contributed by atoms with Crippen LogP contribution in [0.5, 0.6) is 5.75 Å². The van der Waals surface area contributed by atoms with Crippen LogP contribution >= 0.6 is 0 Å². The Hall–Kier alpha value is -2.20. The number of unbranched alkanes of at least 4 members (excludes halogenated alkanes) is 3. The highest BCUT2D eigenvalue weighted by Crippen LogP contribution is 2.41. The molecule has 34 heavy (non-hydrogen) atoms. The van der Waals surface area contributed by atoms with E-state index in [0.717, 1.165) is 37.8 Å². The molecule has 0 aromatic heterocycles. The average Bonchev–Trinajstić information content (AvgIpc) is 3.12. The fourth-order valence-electron chi connectivity index (χ4n) is 4.63. The minimum absolute atomic E-state index is 0.0164. The molecule has 192 valence electrons. The Bertz CT molecular complexity index is 775. The minimum Gasteiger partial charge on any atom is -0.491 e. The van der Waals surface area contributed by atoms with Gasteiger partial charge in [-0.25, -0.2) is 0 Å². The number of benzene rings is 1. The van der Waals surface area contributed by atoms with E-state index >= 15 is 0 Å². The maximum absolute atomic E-state index is 12.8. The van der Waals surface area contributed by atoms with Crippen molar-refractivity contribution < 1.29 is 37.7 Å². The molecule has 10 heteroatoms. The Balaban J connectivity index is 1.79. The van der Waals surface area contributed by atoms with Crippen molar-refractivity contribution in [3.05, 3.63) is 34.7 Å². The standard InChI is InChI=1S/C24H34F3NO6/c1-33-23(31)10-5-3-2-4-9-20-19(21(28-32)14-22(20)30)12-11-17(29)15-34-18-8-6-7-16(13-18)24(25,26)27/h6-8,13,17,19-22,29-30H,2-5,9-12,14-15H2,1H3/t17-,19-,20-,21?,22+/m1/s1. The number of ether oxygens (including phenoxy) is 2. The highest BCUT2D eigenvalue weighted by Gasteiger charge is 2.42. The molecule has 2 N–H and O–H groups in total. The second-order valence-corrected chi connectivity index (χ2v) is 8.90. The van der Waals surface area contributed by atoms with Crippen LogP contribution in [0.2, 0.25) is 0 Å². The first kappa shape index (κ1) is 28.0. The van der Waals surface area contributed by atoms with Crippen molar-refractivity contribution in [2.45, 2.75) is 82.2 Å². The fourth-order valence-corrected chi connectivity index (χ4v) is 4.63. The first-order valence-electron chi connectivity index (χ1n) is 11.7. The topological polar surface area (TPSA) is 105 Å². The first-order chi connectivity index (χ1) is 16.2. The maximum Gasteiger partial charge on any atom is 0.416 e. The van der Waals surface area contributed by atoms with Gasteiger partial charge < -0.3 is 19.7 Å². The summed E-state index contributed by atoms with van der Waals surface area (Å²) in [5.41, 5.74) is -0.826. The summed E-state index contributed by atoms with van der Waals surface area (Å²) in [4.78, 5) is 22.4. The van der Waals surface area contributed by atoms with Crippen molar-refractivity contribution in [2.24, 2.45) is 17.0 Å². The monoisotopic (exact) mass is 489 g/mol. The van der Waals surface area contributed by atoms with E-state index in [1.54, 1.807) is 0 Å². The SMILES string of the molecule is COC(=O)CCCCCC[C@H]1[C@@H](O)CC(N=O)[C@@H]1CC[C@@H](O)COc1cccc(C(F)(F)F)c1. The summed E-state index contributed by atoms with van der Waals surface area (Å²) in [5.74, 6) is -0.505. The van der Waals surface area contributed by atoms with Gasteiger partial charge in [0.1, 0.15) is 12.4 Å². The lowest BCUT2D eigenvalue weighted by Gasteiger charge is -2.24. The van der Waals surface area contributed by atoms with Gasteiger partial charge in [0.2, 0.25) is 0 Å². The fraction of sp³-hybridized carbons (Fsp3) is 0.708. The number of carbonyl (C=O) groups is 1. The number of nitrogens with zero attached hydrogens (tertiary/aromatic N) is 1. The third-order valence-corrected chi connectivity index (χ3v) is 6.49. The number of methoxy groups -OCH3 is 1. The predicted molar refractivity (Wildman–Crippen MR) is 119 cm³/mol. The van der Waals surface area contributed by atoms with E-state index in [4.69, 9.17) is 4.74 Å². The van der Waals surface area contributed by atoms with Crippen LogP contribution in [0.15, 0.2) is 29.4 Å². The predicted octanol–water partition coefficient (Wildman–Crippen LogP) is 4.87. The largest absolute Gasteiger partial charge is 0.491 e. The Labute approximate surface area is 197 Å². The summed E-state index contributed by atoms with van der Waals surface area (Å²) in [7, 11) is 1.36. The van der Waals surface area contributed by atoms with Crippen molar-refractivity contribution in [3.8, 4) is 5.75 Å². The molecule has 0 amide bonds. The van der Waals surface area contributed by atoms with E-state index in [0.29, 0.717) is 19.3 Å². The molecule has 1 aliphatic rings. The molecule has 0 heterocycles. The lowest BCUT2D eigenvalue weighted by atomic mass is 9.84. The van der Waals surface area contributed by atoms with Crippen LogP contribution in [-0.4, -0.2) is 48.1 Å². The van der Waals surface area contributed by atoms with Crippen LogP contribution in [0.3, 0.4) is 0 Å². The molecule has 1 aromatic rings. The minimum atomic E-state index is -4.48. The molecule has 1 aliphatic carbocycles. The second-order valence-electron chi connectivity index (χ2n) is 8.90. The highest BCUT2D eigenvalue weighted by atomic mass is 19.4. The van der Waals surface area contributed by atoms with Gasteiger partial charge in [-0.3, -0.25) is 4.79 Å². The Morgan fingerprint density at radius 1 is 1.18 bits per heavy atom. The number of hydrogen-bond acceptors (Lipinski definition) is 7. The number of esters is 1. The summed E-state index contributed by atoms with van der Waals surface area (Å²) < 4.78 is 48.4. The van der Waals surface area contributed by atoms with Crippen LogP contribution in [-0.2, 0) is 15.7 Å². The van der Waals surface area contributed by atoms with Crippen molar-refractivity contribution in [1.29, 1.82) is 0 Å². The van der Waals surface area contributed by atoms with Gasteiger partial charge in [0, 0.05) is 6.42 Å². The average molecular weight is 490 g/mol. The zero-order valence-corrected chi connectivity index (χ0v) is 19.4. The Morgan fingerprint density at radius 3 is 2.59 bits per heavy atom. The van der Waals surface area contributed by atoms with Gasteiger partial charge in [-0.15, -0.1) is 0 Å². The first-order valence-corrected chi connectivity index (χ1v) is 11.7. The molecule has 0 bridgehead atoms. The van der Waals surface area contributed by atoms with Gasteiger partial charge in [-0.05, 0) is 62.1 Å². The number of nitroso groups, excluding NO2 is 1. The molecular formula is C24H34F3NO6. The maximum atomic E-state index is 12.8. The van der Waals surface area contributed by atoms with Crippen molar-refractivity contribution in [2.75, 3.05) is 13.7 Å². The van der Waals surface area contributed by atoms with Gasteiger partial charge in [-0.2, -0.15) is 18.1 Å². The second kappa shape index (κ2) is 13.6. The van der Waals surface area contributed by atoms with E-state index in [9.17, 15) is 33.1 Å². The zero-order valence-electron chi connectivity index (χ0n) is 19.4. The van der Waals surface area contributed by atoms with Crippen LogP contribution in [0, 0.1) is 16.7 Å².